The van der Waals surface area contributed by atoms with Crippen molar-refractivity contribution in [1.82, 2.24) is 19.8 Å². The third-order valence-electron chi connectivity index (χ3n) is 5.88. The normalized spacial score (nSPS) is 20.0. The molecule has 0 radical (unpaired) electrons. The second-order valence-corrected chi connectivity index (χ2v) is 9.40. The number of halogens is 2. The topological polar surface area (TPSA) is 72.2 Å². The van der Waals surface area contributed by atoms with Crippen LogP contribution in [0.3, 0.4) is 0 Å². The molecule has 0 spiro atoms. The highest BCUT2D eigenvalue weighted by atomic mass is 79.9. The van der Waals surface area contributed by atoms with E-state index in [1.54, 1.807) is 23.9 Å². The number of rotatable bonds is 2. The third-order valence-corrected chi connectivity index (χ3v) is 6.86. The van der Waals surface area contributed by atoms with E-state index in [4.69, 9.17) is 0 Å². The van der Waals surface area contributed by atoms with E-state index in [9.17, 15) is 9.59 Å². The van der Waals surface area contributed by atoms with Gasteiger partial charge in [0.05, 0.1) is 0 Å². The first kappa shape index (κ1) is 19.4. The SMILES string of the molecule is CN1C(=O)C(c2c[nH]c3ccc(Br)cc23)N(C)C(=O)C1c1c[nH]c2ccc(Br)cc12. The molecule has 8 heteroatoms. The van der Waals surface area contributed by atoms with Gasteiger partial charge in [0.25, 0.3) is 11.8 Å². The van der Waals surface area contributed by atoms with Gasteiger partial charge >= 0.3 is 0 Å². The van der Waals surface area contributed by atoms with Crippen LogP contribution in [0.5, 0.6) is 0 Å². The standard InChI is InChI=1S/C22H18Br2N4O2/c1-27-19(15-9-25-17-5-3-11(23)7-13(15)17)22(30)28(2)20(21(27)29)16-10-26-18-6-4-12(24)8-14(16)18/h3-10,19-20,25-26H,1-2H3. The number of carbonyl (C=O) groups is 2. The Balaban J connectivity index is 1.60. The van der Waals surface area contributed by atoms with E-state index in [0.717, 1.165) is 41.9 Å². The number of benzene rings is 2. The van der Waals surface area contributed by atoms with Crippen molar-refractivity contribution in [3.8, 4) is 0 Å². The van der Waals surface area contributed by atoms with Gasteiger partial charge in [-0.1, -0.05) is 31.9 Å². The summed E-state index contributed by atoms with van der Waals surface area (Å²) < 4.78 is 1.84. The second-order valence-electron chi connectivity index (χ2n) is 7.57. The number of hydrogen-bond acceptors (Lipinski definition) is 2. The van der Waals surface area contributed by atoms with Gasteiger partial charge in [-0.15, -0.1) is 0 Å². The van der Waals surface area contributed by atoms with Crippen molar-refractivity contribution in [2.24, 2.45) is 0 Å². The monoisotopic (exact) mass is 528 g/mol. The van der Waals surface area contributed by atoms with Crippen LogP contribution < -0.4 is 0 Å². The van der Waals surface area contributed by atoms with Gasteiger partial charge in [-0.3, -0.25) is 9.59 Å². The van der Waals surface area contributed by atoms with E-state index in [1.165, 1.54) is 0 Å². The lowest BCUT2D eigenvalue weighted by Crippen LogP contribution is -2.54. The van der Waals surface area contributed by atoms with Gasteiger partial charge in [-0.25, -0.2) is 0 Å². The molecule has 0 saturated carbocycles. The van der Waals surface area contributed by atoms with Gasteiger partial charge in [-0.2, -0.15) is 0 Å². The van der Waals surface area contributed by atoms with Crippen molar-refractivity contribution in [3.05, 3.63) is 68.9 Å². The summed E-state index contributed by atoms with van der Waals surface area (Å²) in [5.41, 5.74) is 3.43. The Hall–Kier alpha value is -2.58. The van der Waals surface area contributed by atoms with E-state index in [1.807, 2.05) is 48.8 Å². The zero-order valence-corrected chi connectivity index (χ0v) is 19.4. The Kier molecular flexibility index (Phi) is 4.52. The molecule has 1 aliphatic rings. The Morgan fingerprint density at radius 3 is 1.53 bits per heavy atom. The quantitative estimate of drug-likeness (QED) is 0.388. The maximum atomic E-state index is 13.5. The molecule has 2 unspecified atom stereocenters. The van der Waals surface area contributed by atoms with Crippen LogP contribution in [0.4, 0.5) is 0 Å². The smallest absolute Gasteiger partial charge is 0.250 e. The van der Waals surface area contributed by atoms with Crippen LogP contribution in [0.2, 0.25) is 0 Å². The molecule has 1 aliphatic heterocycles. The lowest BCUT2D eigenvalue weighted by molar-refractivity contribution is -0.159. The van der Waals surface area contributed by atoms with Crippen LogP contribution in [0.1, 0.15) is 23.2 Å². The molecular weight excluding hydrogens is 512 g/mol. The fourth-order valence-corrected chi connectivity index (χ4v) is 5.06. The molecule has 3 heterocycles. The summed E-state index contributed by atoms with van der Waals surface area (Å²) in [7, 11) is 3.40. The zero-order chi connectivity index (χ0) is 21.2. The van der Waals surface area contributed by atoms with Crippen molar-refractivity contribution in [2.45, 2.75) is 12.1 Å². The number of carbonyl (C=O) groups excluding carboxylic acids is 2. The molecule has 5 rings (SSSR count). The molecule has 152 valence electrons. The van der Waals surface area contributed by atoms with E-state index in [0.29, 0.717) is 0 Å². The minimum atomic E-state index is -0.682. The second kappa shape index (κ2) is 6.99. The van der Waals surface area contributed by atoms with E-state index < -0.39 is 12.1 Å². The van der Waals surface area contributed by atoms with Crippen LogP contribution in [0.15, 0.2) is 57.7 Å². The van der Waals surface area contributed by atoms with E-state index >= 15 is 0 Å². The van der Waals surface area contributed by atoms with E-state index in [-0.39, 0.29) is 11.8 Å². The maximum Gasteiger partial charge on any atom is 0.250 e. The highest BCUT2D eigenvalue weighted by Gasteiger charge is 2.45. The molecule has 2 aromatic carbocycles. The maximum absolute atomic E-state index is 13.5. The highest BCUT2D eigenvalue weighted by Crippen LogP contribution is 2.40. The van der Waals surface area contributed by atoms with Crippen molar-refractivity contribution in [3.63, 3.8) is 0 Å². The molecule has 2 N–H and O–H groups in total. The number of likely N-dealkylation sites (N-methyl/N-ethyl adjacent to an activating group) is 2. The van der Waals surface area contributed by atoms with Crippen LogP contribution in [-0.4, -0.2) is 45.7 Å². The molecular formula is C22H18Br2N4O2. The van der Waals surface area contributed by atoms with Crippen molar-refractivity contribution in [2.75, 3.05) is 14.1 Å². The summed E-state index contributed by atoms with van der Waals surface area (Å²) in [6.07, 6.45) is 3.64. The predicted molar refractivity (Wildman–Crippen MR) is 123 cm³/mol. The van der Waals surface area contributed by atoms with Crippen molar-refractivity contribution < 1.29 is 9.59 Å². The summed E-state index contributed by atoms with van der Waals surface area (Å²) >= 11 is 6.99. The number of nitrogens with zero attached hydrogens (tertiary/aromatic N) is 2. The minimum Gasteiger partial charge on any atom is -0.361 e. The Morgan fingerprint density at radius 2 is 1.13 bits per heavy atom. The zero-order valence-electron chi connectivity index (χ0n) is 16.2. The lowest BCUT2D eigenvalue weighted by Gasteiger charge is -2.41. The number of H-pyrrole nitrogens is 2. The molecule has 1 fully saturated rings. The summed E-state index contributed by atoms with van der Waals surface area (Å²) in [4.78, 5) is 36.6. The number of hydrogen-bond donors (Lipinski definition) is 2. The molecule has 4 aromatic rings. The lowest BCUT2D eigenvalue weighted by atomic mass is 9.94. The highest BCUT2D eigenvalue weighted by molar-refractivity contribution is 9.10. The van der Waals surface area contributed by atoms with Crippen LogP contribution in [0, 0.1) is 0 Å². The Bertz CT molecular complexity index is 1220. The number of nitrogens with one attached hydrogen (secondary N) is 2. The molecule has 2 amide bonds. The fourth-order valence-electron chi connectivity index (χ4n) is 4.34. The largest absolute Gasteiger partial charge is 0.361 e. The molecule has 6 nitrogen and oxygen atoms in total. The number of fused-ring (bicyclic) bond motifs is 2. The van der Waals surface area contributed by atoms with Crippen molar-refractivity contribution in [1.29, 1.82) is 0 Å². The summed E-state index contributed by atoms with van der Waals surface area (Å²) in [6.45, 7) is 0. The minimum absolute atomic E-state index is 0.118. The van der Waals surface area contributed by atoms with Crippen molar-refractivity contribution >= 4 is 65.5 Å². The molecule has 2 aromatic heterocycles. The van der Waals surface area contributed by atoms with Gasteiger partial charge in [0.1, 0.15) is 12.1 Å². The molecule has 0 bridgehead atoms. The number of piperazine rings is 1. The number of aromatic nitrogens is 2. The van der Waals surface area contributed by atoms with Gasteiger partial charge in [0.2, 0.25) is 0 Å². The van der Waals surface area contributed by atoms with Gasteiger partial charge < -0.3 is 19.8 Å². The fraction of sp³-hybridized carbons (Fsp3) is 0.182. The molecule has 0 aliphatic carbocycles. The first-order valence-electron chi connectivity index (χ1n) is 9.43. The van der Waals surface area contributed by atoms with Crippen LogP contribution in [0.25, 0.3) is 21.8 Å². The average molecular weight is 530 g/mol. The predicted octanol–water partition coefficient (Wildman–Crippen LogP) is 4.89. The average Bonchev–Trinajstić information content (AvgIpc) is 3.31. The first-order valence-corrected chi connectivity index (χ1v) is 11.0. The number of aromatic amines is 2. The van der Waals surface area contributed by atoms with Gasteiger partial charge in [0.15, 0.2) is 0 Å². The third kappa shape index (κ3) is 2.81. The summed E-state index contributed by atoms with van der Waals surface area (Å²) in [6, 6.07) is 10.4. The molecule has 1 saturated heterocycles. The Morgan fingerprint density at radius 1 is 0.733 bits per heavy atom. The summed E-state index contributed by atoms with van der Waals surface area (Å²) in [5, 5.41) is 1.84. The number of amides is 2. The Labute approximate surface area is 189 Å². The van der Waals surface area contributed by atoms with Crippen LogP contribution in [-0.2, 0) is 9.59 Å². The summed E-state index contributed by atoms with van der Waals surface area (Å²) in [5.74, 6) is -0.236. The first-order chi connectivity index (χ1) is 14.4. The van der Waals surface area contributed by atoms with E-state index in [2.05, 4.69) is 41.8 Å². The molecule has 2 atom stereocenters. The van der Waals surface area contributed by atoms with Gasteiger partial charge in [-0.05, 0) is 36.4 Å². The van der Waals surface area contributed by atoms with Gasteiger partial charge in [0, 0.05) is 68.4 Å². The van der Waals surface area contributed by atoms with Crippen LogP contribution >= 0.6 is 31.9 Å². The molecule has 30 heavy (non-hydrogen) atoms.